The predicted octanol–water partition coefficient (Wildman–Crippen LogP) is 2.61. The van der Waals surface area contributed by atoms with Crippen molar-refractivity contribution in [2.75, 3.05) is 6.61 Å². The van der Waals surface area contributed by atoms with E-state index in [1.165, 1.54) is 23.5 Å². The van der Waals surface area contributed by atoms with Crippen LogP contribution >= 0.6 is 11.3 Å². The molecular formula is C24H23FO6S. The lowest BCUT2D eigenvalue weighted by Gasteiger charge is -2.40. The summed E-state index contributed by atoms with van der Waals surface area (Å²) in [6, 6.07) is 14.6. The highest BCUT2D eigenvalue weighted by atomic mass is 32.1. The van der Waals surface area contributed by atoms with E-state index in [0.717, 1.165) is 16.0 Å². The molecule has 5 atom stereocenters. The lowest BCUT2D eigenvalue weighted by Crippen LogP contribution is -2.55. The average molecular weight is 459 g/mol. The summed E-state index contributed by atoms with van der Waals surface area (Å²) in [6.45, 7) is 1.26. The topological polar surface area (TPSA) is 107 Å². The van der Waals surface area contributed by atoms with Gasteiger partial charge < -0.3 is 25.2 Å². The van der Waals surface area contributed by atoms with Crippen molar-refractivity contribution < 1.29 is 34.3 Å². The predicted molar refractivity (Wildman–Crippen MR) is 117 cm³/mol. The molecule has 3 aromatic rings. The molecule has 6 nitrogen and oxygen atoms in total. The van der Waals surface area contributed by atoms with Crippen LogP contribution in [0.3, 0.4) is 0 Å². The Hall–Kier alpha value is -2.46. The van der Waals surface area contributed by atoms with Gasteiger partial charge in [-0.05, 0) is 53.9 Å². The number of hydrogen-bond donors (Lipinski definition) is 4. The first-order valence-electron chi connectivity index (χ1n) is 10.1. The minimum absolute atomic E-state index is 0.215. The number of aliphatic hydroxyl groups is 4. The molecule has 2 heterocycles. The number of carbonyl (C=O) groups is 1. The lowest BCUT2D eigenvalue weighted by atomic mass is 9.89. The van der Waals surface area contributed by atoms with Crippen LogP contribution in [0.15, 0.2) is 54.6 Å². The smallest absolute Gasteiger partial charge is 0.203 e. The van der Waals surface area contributed by atoms with Crippen molar-refractivity contribution in [1.29, 1.82) is 0 Å². The molecule has 8 heteroatoms. The highest BCUT2D eigenvalue weighted by molar-refractivity contribution is 7.17. The van der Waals surface area contributed by atoms with Gasteiger partial charge in [-0.1, -0.05) is 24.3 Å². The monoisotopic (exact) mass is 458 g/mol. The van der Waals surface area contributed by atoms with Gasteiger partial charge in [0.2, 0.25) is 5.78 Å². The highest BCUT2D eigenvalue weighted by Crippen LogP contribution is 2.35. The Balaban J connectivity index is 1.63. The fourth-order valence-electron chi connectivity index (χ4n) is 3.80. The zero-order valence-corrected chi connectivity index (χ0v) is 18.0. The normalized spacial score (nSPS) is 25.6. The summed E-state index contributed by atoms with van der Waals surface area (Å²) in [7, 11) is 0. The Morgan fingerprint density at radius 2 is 1.72 bits per heavy atom. The summed E-state index contributed by atoms with van der Waals surface area (Å²) >= 11 is 1.29. The Kier molecular flexibility index (Phi) is 6.52. The first-order valence-corrected chi connectivity index (χ1v) is 10.9. The Labute approximate surface area is 188 Å². The molecule has 0 aliphatic carbocycles. The van der Waals surface area contributed by atoms with Gasteiger partial charge in [-0.25, -0.2) is 4.39 Å². The van der Waals surface area contributed by atoms with Gasteiger partial charge in [0.05, 0.1) is 11.5 Å². The van der Waals surface area contributed by atoms with Crippen LogP contribution in [0.4, 0.5) is 4.39 Å². The third kappa shape index (κ3) is 4.25. The maximum Gasteiger partial charge on any atom is 0.203 e. The van der Waals surface area contributed by atoms with Crippen molar-refractivity contribution in [1.82, 2.24) is 0 Å². The summed E-state index contributed by atoms with van der Waals surface area (Å²) in [4.78, 5) is 14.6. The molecule has 5 unspecified atom stereocenters. The first kappa shape index (κ1) is 22.7. The molecule has 1 fully saturated rings. The first-order chi connectivity index (χ1) is 15.3. The number of aryl methyl sites for hydroxylation is 1. The van der Waals surface area contributed by atoms with E-state index in [-0.39, 0.29) is 11.6 Å². The van der Waals surface area contributed by atoms with Gasteiger partial charge in [-0.15, -0.1) is 11.3 Å². The van der Waals surface area contributed by atoms with E-state index >= 15 is 0 Å². The molecule has 2 aromatic carbocycles. The molecule has 0 saturated carbocycles. The number of carbonyl (C=O) groups excluding carboxylic acids is 1. The van der Waals surface area contributed by atoms with E-state index in [4.69, 9.17) is 4.74 Å². The number of rotatable bonds is 5. The third-order valence-electron chi connectivity index (χ3n) is 5.69. The third-order valence-corrected chi connectivity index (χ3v) is 6.82. The van der Waals surface area contributed by atoms with Gasteiger partial charge in [-0.3, -0.25) is 4.79 Å². The molecule has 0 radical (unpaired) electrons. The molecule has 4 N–H and O–H groups in total. The van der Waals surface area contributed by atoms with Gasteiger partial charge in [-0.2, -0.15) is 0 Å². The number of thiophene rings is 1. The molecule has 32 heavy (non-hydrogen) atoms. The summed E-state index contributed by atoms with van der Waals surface area (Å²) in [5, 5.41) is 39.9. The van der Waals surface area contributed by atoms with Crippen LogP contribution in [0.25, 0.3) is 10.4 Å². The standard InChI is InChI=1S/C24H23FO6S/c1-12-2-3-14(24-23(30)22(29)21(28)17(11-26)31-24)10-16(12)20(27)19-9-8-18(32-19)13-4-6-15(25)7-5-13/h2-10,17,21-24,26,28-30H,11H2,1H3. The second-order valence-electron chi connectivity index (χ2n) is 7.82. The van der Waals surface area contributed by atoms with Crippen LogP contribution < -0.4 is 0 Å². The number of ether oxygens (including phenoxy) is 1. The molecular weight excluding hydrogens is 435 g/mol. The Morgan fingerprint density at radius 1 is 1.00 bits per heavy atom. The maximum atomic E-state index is 13.2. The number of hydrogen-bond acceptors (Lipinski definition) is 7. The van der Waals surface area contributed by atoms with E-state index in [9.17, 15) is 29.6 Å². The SMILES string of the molecule is Cc1ccc(C2OC(CO)C(O)C(O)C2O)cc1C(=O)c1ccc(-c2ccc(F)cc2)s1. The highest BCUT2D eigenvalue weighted by Gasteiger charge is 2.44. The van der Waals surface area contributed by atoms with E-state index in [1.807, 2.05) is 6.07 Å². The maximum absolute atomic E-state index is 13.2. The van der Waals surface area contributed by atoms with Gasteiger partial charge in [0, 0.05) is 10.4 Å². The summed E-state index contributed by atoms with van der Waals surface area (Å²) in [5.41, 5.74) is 2.39. The molecule has 168 valence electrons. The second-order valence-corrected chi connectivity index (χ2v) is 8.91. The average Bonchev–Trinajstić information content (AvgIpc) is 3.29. The van der Waals surface area contributed by atoms with E-state index in [0.29, 0.717) is 16.0 Å². The van der Waals surface area contributed by atoms with Crippen LogP contribution in [0.1, 0.15) is 32.5 Å². The van der Waals surface area contributed by atoms with Crippen LogP contribution in [0.2, 0.25) is 0 Å². The summed E-state index contributed by atoms with van der Waals surface area (Å²) in [5.74, 6) is -0.547. The minimum atomic E-state index is -1.50. The fraction of sp³-hybridized carbons (Fsp3) is 0.292. The molecule has 1 saturated heterocycles. The van der Waals surface area contributed by atoms with Gasteiger partial charge in [0.15, 0.2) is 0 Å². The molecule has 1 aromatic heterocycles. The van der Waals surface area contributed by atoms with Crippen LogP contribution in [0, 0.1) is 12.7 Å². The van der Waals surface area contributed by atoms with E-state index in [2.05, 4.69) is 0 Å². The molecule has 1 aliphatic rings. The van der Waals surface area contributed by atoms with Crippen molar-refractivity contribution in [3.63, 3.8) is 0 Å². The minimum Gasteiger partial charge on any atom is -0.394 e. The number of ketones is 1. The van der Waals surface area contributed by atoms with E-state index < -0.39 is 37.1 Å². The van der Waals surface area contributed by atoms with Gasteiger partial charge >= 0.3 is 0 Å². The second kappa shape index (κ2) is 9.19. The fourth-order valence-corrected chi connectivity index (χ4v) is 4.77. The largest absolute Gasteiger partial charge is 0.394 e. The van der Waals surface area contributed by atoms with Gasteiger partial charge in [0.1, 0.15) is 36.3 Å². The van der Waals surface area contributed by atoms with Crippen molar-refractivity contribution in [2.45, 2.75) is 37.4 Å². The van der Waals surface area contributed by atoms with E-state index in [1.54, 1.807) is 43.3 Å². The Morgan fingerprint density at radius 3 is 2.41 bits per heavy atom. The lowest BCUT2D eigenvalue weighted by molar-refractivity contribution is -0.231. The van der Waals surface area contributed by atoms with Crippen LogP contribution in [-0.4, -0.2) is 57.2 Å². The zero-order chi connectivity index (χ0) is 23.0. The van der Waals surface area contributed by atoms with Crippen molar-refractivity contribution >= 4 is 17.1 Å². The summed E-state index contributed by atoms with van der Waals surface area (Å²) in [6.07, 6.45) is -6.42. The number of aliphatic hydroxyl groups excluding tert-OH is 4. The molecule has 0 amide bonds. The molecule has 0 bridgehead atoms. The Bertz CT molecular complexity index is 1110. The van der Waals surface area contributed by atoms with Crippen LogP contribution in [-0.2, 0) is 4.74 Å². The molecule has 4 rings (SSSR count). The van der Waals surface area contributed by atoms with Crippen molar-refractivity contribution in [3.8, 4) is 10.4 Å². The molecule has 1 aliphatic heterocycles. The van der Waals surface area contributed by atoms with Crippen LogP contribution in [0.5, 0.6) is 0 Å². The van der Waals surface area contributed by atoms with Gasteiger partial charge in [0.25, 0.3) is 0 Å². The quantitative estimate of drug-likeness (QED) is 0.438. The number of halogens is 1. The van der Waals surface area contributed by atoms with Crippen molar-refractivity contribution in [2.24, 2.45) is 0 Å². The number of benzene rings is 2. The molecule has 0 spiro atoms. The summed E-state index contributed by atoms with van der Waals surface area (Å²) < 4.78 is 18.8. The van der Waals surface area contributed by atoms with Crippen molar-refractivity contribution in [3.05, 3.63) is 82.0 Å². The zero-order valence-electron chi connectivity index (χ0n) is 17.2.